The topological polar surface area (TPSA) is 92.8 Å². The fourth-order valence-electron chi connectivity index (χ4n) is 3.20. The number of nitrogens with one attached hydrogen (secondary N) is 1. The molecule has 0 bridgehead atoms. The minimum atomic E-state index is -3.05. The van der Waals surface area contributed by atoms with E-state index in [2.05, 4.69) is 5.32 Å². The second-order valence-corrected chi connectivity index (χ2v) is 8.58. The van der Waals surface area contributed by atoms with Gasteiger partial charge >= 0.3 is 0 Å². The van der Waals surface area contributed by atoms with Crippen LogP contribution in [0.4, 0.5) is 5.69 Å². The van der Waals surface area contributed by atoms with Gasteiger partial charge in [0.2, 0.25) is 0 Å². The molecule has 0 aromatic heterocycles. The lowest BCUT2D eigenvalue weighted by molar-refractivity contribution is -0.118. The number of ether oxygens (including phenoxy) is 1. The number of carbonyl (C=O) groups is 2. The van der Waals surface area contributed by atoms with Crippen LogP contribution >= 0.6 is 0 Å². The van der Waals surface area contributed by atoms with Crippen molar-refractivity contribution in [1.82, 2.24) is 4.90 Å². The quantitative estimate of drug-likeness (QED) is 0.873. The van der Waals surface area contributed by atoms with Crippen LogP contribution in [0.5, 0.6) is 5.75 Å². The molecule has 3 rings (SSSR count). The Morgan fingerprint density at radius 2 is 2.21 bits per heavy atom. The number of fused-ring (bicyclic) bond motifs is 1. The van der Waals surface area contributed by atoms with Crippen LogP contribution in [0, 0.1) is 5.92 Å². The van der Waals surface area contributed by atoms with Crippen molar-refractivity contribution in [1.29, 1.82) is 0 Å². The summed E-state index contributed by atoms with van der Waals surface area (Å²) in [6, 6.07) is 4.92. The van der Waals surface area contributed by atoms with E-state index in [9.17, 15) is 18.0 Å². The second-order valence-electron chi connectivity index (χ2n) is 6.40. The van der Waals surface area contributed by atoms with Gasteiger partial charge in [-0.05, 0) is 37.0 Å². The zero-order chi connectivity index (χ0) is 17.3. The van der Waals surface area contributed by atoms with Crippen molar-refractivity contribution in [2.24, 2.45) is 5.92 Å². The van der Waals surface area contributed by atoms with Gasteiger partial charge in [0.05, 0.1) is 11.4 Å². The van der Waals surface area contributed by atoms with Gasteiger partial charge in [-0.25, -0.2) is 8.42 Å². The van der Waals surface area contributed by atoms with Gasteiger partial charge in [0.25, 0.3) is 11.8 Å². The molecule has 1 aromatic rings. The number of likely N-dealkylation sites (tertiary alicyclic amines) is 1. The number of carbonyl (C=O) groups excluding carboxylic acids is 2. The molecule has 2 aliphatic rings. The van der Waals surface area contributed by atoms with Crippen LogP contribution in [0.1, 0.15) is 23.2 Å². The predicted octanol–water partition coefficient (Wildman–Crippen LogP) is 0.914. The number of hydrogen-bond acceptors (Lipinski definition) is 5. The molecule has 0 aliphatic carbocycles. The number of nitrogens with zero attached hydrogens (tertiary/aromatic N) is 1. The van der Waals surface area contributed by atoms with Crippen molar-refractivity contribution < 1.29 is 22.7 Å². The van der Waals surface area contributed by atoms with Gasteiger partial charge in [0.15, 0.2) is 6.61 Å². The highest BCUT2D eigenvalue weighted by molar-refractivity contribution is 7.90. The van der Waals surface area contributed by atoms with E-state index in [0.29, 0.717) is 30.1 Å². The SMILES string of the molecule is CS(=O)(=O)C[C@@H]1CCCN(C(=O)c2ccc3c(c2)OCC(=O)N3)C1. The molecular formula is C16H20N2O5S. The number of hydrogen-bond donors (Lipinski definition) is 1. The van der Waals surface area contributed by atoms with Gasteiger partial charge in [-0.1, -0.05) is 0 Å². The molecule has 2 amide bonds. The Morgan fingerprint density at radius 3 is 2.96 bits per heavy atom. The maximum Gasteiger partial charge on any atom is 0.262 e. The lowest BCUT2D eigenvalue weighted by atomic mass is 9.99. The van der Waals surface area contributed by atoms with E-state index in [1.165, 1.54) is 6.26 Å². The van der Waals surface area contributed by atoms with Gasteiger partial charge in [-0.3, -0.25) is 9.59 Å². The van der Waals surface area contributed by atoms with Crippen molar-refractivity contribution in [2.45, 2.75) is 12.8 Å². The Labute approximate surface area is 140 Å². The fraction of sp³-hybridized carbons (Fsp3) is 0.500. The Balaban J connectivity index is 1.73. The molecule has 1 atom stereocenters. The standard InChI is InChI=1S/C16H20N2O5S/c1-24(21,22)10-11-3-2-6-18(8-11)16(20)12-4-5-13-14(7-12)23-9-15(19)17-13/h4-5,7,11H,2-3,6,8-10H2,1H3,(H,17,19)/t11-/m1/s1. The molecule has 1 fully saturated rings. The first kappa shape index (κ1) is 16.8. The largest absolute Gasteiger partial charge is 0.482 e. The van der Waals surface area contributed by atoms with E-state index < -0.39 is 9.84 Å². The van der Waals surface area contributed by atoms with E-state index in [1.54, 1.807) is 23.1 Å². The maximum atomic E-state index is 12.7. The molecule has 2 aliphatic heterocycles. The molecule has 1 N–H and O–H groups in total. The van der Waals surface area contributed by atoms with Crippen molar-refractivity contribution in [3.63, 3.8) is 0 Å². The molecular weight excluding hydrogens is 332 g/mol. The summed E-state index contributed by atoms with van der Waals surface area (Å²) in [5, 5.41) is 2.68. The molecule has 130 valence electrons. The third-order valence-corrected chi connectivity index (χ3v) is 5.28. The number of benzene rings is 1. The average molecular weight is 352 g/mol. The summed E-state index contributed by atoms with van der Waals surface area (Å²) >= 11 is 0. The summed E-state index contributed by atoms with van der Waals surface area (Å²) < 4.78 is 28.3. The van der Waals surface area contributed by atoms with Crippen LogP contribution in [0.2, 0.25) is 0 Å². The molecule has 0 spiro atoms. The lowest BCUT2D eigenvalue weighted by Crippen LogP contribution is -2.41. The third kappa shape index (κ3) is 3.87. The fourth-order valence-corrected chi connectivity index (χ4v) is 4.33. The molecule has 24 heavy (non-hydrogen) atoms. The molecule has 2 heterocycles. The molecule has 0 unspecified atom stereocenters. The van der Waals surface area contributed by atoms with Crippen molar-refractivity contribution >= 4 is 27.3 Å². The second kappa shape index (κ2) is 6.43. The van der Waals surface area contributed by atoms with E-state index in [1.807, 2.05) is 0 Å². The summed E-state index contributed by atoms with van der Waals surface area (Å²) in [6.45, 7) is 0.999. The zero-order valence-corrected chi connectivity index (χ0v) is 14.3. The minimum Gasteiger partial charge on any atom is -0.482 e. The zero-order valence-electron chi connectivity index (χ0n) is 13.4. The Hall–Kier alpha value is -2.09. The molecule has 0 radical (unpaired) electrons. The number of amides is 2. The maximum absolute atomic E-state index is 12.7. The Bertz CT molecular complexity index is 775. The van der Waals surface area contributed by atoms with Gasteiger partial charge in [-0.15, -0.1) is 0 Å². The van der Waals surface area contributed by atoms with Crippen LogP contribution in [-0.2, 0) is 14.6 Å². The predicted molar refractivity (Wildman–Crippen MR) is 88.9 cm³/mol. The van der Waals surface area contributed by atoms with Crippen LogP contribution in [0.25, 0.3) is 0 Å². The molecule has 1 aromatic carbocycles. The highest BCUT2D eigenvalue weighted by Gasteiger charge is 2.27. The summed E-state index contributed by atoms with van der Waals surface area (Å²) in [4.78, 5) is 25.7. The number of sulfone groups is 1. The van der Waals surface area contributed by atoms with E-state index in [4.69, 9.17) is 4.74 Å². The summed E-state index contributed by atoms with van der Waals surface area (Å²) in [5.41, 5.74) is 1.03. The monoisotopic (exact) mass is 352 g/mol. The van der Waals surface area contributed by atoms with Gasteiger partial charge in [0.1, 0.15) is 15.6 Å². The van der Waals surface area contributed by atoms with Crippen LogP contribution in [0.15, 0.2) is 18.2 Å². The van der Waals surface area contributed by atoms with Crippen LogP contribution < -0.4 is 10.1 Å². The highest BCUT2D eigenvalue weighted by Crippen LogP contribution is 2.29. The van der Waals surface area contributed by atoms with Crippen molar-refractivity contribution in [2.75, 3.05) is 37.0 Å². The lowest BCUT2D eigenvalue weighted by Gasteiger charge is -2.32. The van der Waals surface area contributed by atoms with Crippen molar-refractivity contribution in [3.8, 4) is 5.75 Å². The first-order chi connectivity index (χ1) is 11.3. The number of piperidine rings is 1. The summed E-state index contributed by atoms with van der Waals surface area (Å²) in [6.07, 6.45) is 2.84. The number of rotatable bonds is 3. The molecule has 1 saturated heterocycles. The number of anilines is 1. The van der Waals surface area contributed by atoms with E-state index in [0.717, 1.165) is 12.8 Å². The van der Waals surface area contributed by atoms with Gasteiger partial charge < -0.3 is 15.0 Å². The average Bonchev–Trinajstić information content (AvgIpc) is 2.52. The molecule has 8 heteroatoms. The Kier molecular flexibility index (Phi) is 4.49. The molecule has 0 saturated carbocycles. The van der Waals surface area contributed by atoms with Crippen molar-refractivity contribution in [3.05, 3.63) is 23.8 Å². The van der Waals surface area contributed by atoms with Crippen LogP contribution in [-0.4, -0.2) is 56.8 Å². The third-order valence-electron chi connectivity index (χ3n) is 4.21. The smallest absolute Gasteiger partial charge is 0.262 e. The van der Waals surface area contributed by atoms with E-state index in [-0.39, 0.29) is 30.1 Å². The first-order valence-corrected chi connectivity index (χ1v) is 9.91. The van der Waals surface area contributed by atoms with Gasteiger partial charge in [-0.2, -0.15) is 0 Å². The normalized spacial score (nSPS) is 20.8. The Morgan fingerprint density at radius 1 is 1.42 bits per heavy atom. The van der Waals surface area contributed by atoms with Gasteiger partial charge in [0, 0.05) is 24.9 Å². The summed E-state index contributed by atoms with van der Waals surface area (Å²) in [5.74, 6) is 0.199. The highest BCUT2D eigenvalue weighted by atomic mass is 32.2. The van der Waals surface area contributed by atoms with Crippen LogP contribution in [0.3, 0.4) is 0 Å². The van der Waals surface area contributed by atoms with E-state index >= 15 is 0 Å². The first-order valence-electron chi connectivity index (χ1n) is 7.85. The molecule has 7 nitrogen and oxygen atoms in total. The summed E-state index contributed by atoms with van der Waals surface area (Å²) in [7, 11) is -3.05. The minimum absolute atomic E-state index is 0.0223.